The van der Waals surface area contributed by atoms with Crippen LogP contribution in [0.25, 0.3) is 11.1 Å². The van der Waals surface area contributed by atoms with E-state index in [0.29, 0.717) is 5.02 Å². The first-order valence-electron chi connectivity index (χ1n) is 4.19. The second kappa shape index (κ2) is 3.81. The zero-order valence-electron chi connectivity index (χ0n) is 7.30. The Balaban J connectivity index is 2.52. The van der Waals surface area contributed by atoms with Crippen LogP contribution >= 0.6 is 11.6 Å². The molecule has 0 heterocycles. The fourth-order valence-corrected chi connectivity index (χ4v) is 1.51. The molecule has 0 bridgehead atoms. The van der Waals surface area contributed by atoms with Gasteiger partial charge < -0.3 is 0 Å². The third kappa shape index (κ3) is 1.94. The van der Waals surface area contributed by atoms with Crippen LogP contribution in [0.4, 0.5) is 4.39 Å². The van der Waals surface area contributed by atoms with Gasteiger partial charge in [-0.2, -0.15) is 0 Å². The van der Waals surface area contributed by atoms with Crippen LogP contribution in [0.5, 0.6) is 0 Å². The Hall–Kier alpha value is -1.34. The molecule has 14 heavy (non-hydrogen) atoms. The summed E-state index contributed by atoms with van der Waals surface area (Å²) in [5.41, 5.74) is 1.72. The van der Waals surface area contributed by atoms with Crippen LogP contribution in [0, 0.1) is 11.9 Å². The summed E-state index contributed by atoms with van der Waals surface area (Å²) in [6.45, 7) is 0. The highest BCUT2D eigenvalue weighted by Gasteiger charge is 2.01. The summed E-state index contributed by atoms with van der Waals surface area (Å²) in [6, 6.07) is 15.0. The first kappa shape index (κ1) is 9.22. The van der Waals surface area contributed by atoms with Crippen molar-refractivity contribution >= 4 is 11.6 Å². The van der Waals surface area contributed by atoms with Gasteiger partial charge >= 0.3 is 0 Å². The molecule has 69 valence electrons. The monoisotopic (exact) mass is 205 g/mol. The smallest absolute Gasteiger partial charge is 0.133 e. The molecule has 0 atom stereocenters. The Morgan fingerprint density at radius 3 is 2.36 bits per heavy atom. The van der Waals surface area contributed by atoms with Crippen LogP contribution in [0.15, 0.2) is 42.5 Å². The van der Waals surface area contributed by atoms with E-state index in [-0.39, 0.29) is 0 Å². The standard InChI is InChI=1S/C12H7ClF/c13-11-6-10(7-12(14)8-11)9-4-2-1-3-5-9/h1-7H. The molecule has 2 rings (SSSR count). The molecule has 2 aromatic carbocycles. The first-order valence-corrected chi connectivity index (χ1v) is 4.57. The Labute approximate surface area is 87.0 Å². The molecule has 0 aliphatic carbocycles. The van der Waals surface area contributed by atoms with Gasteiger partial charge in [-0.1, -0.05) is 41.9 Å². The second-order valence-electron chi connectivity index (χ2n) is 2.93. The molecule has 0 saturated heterocycles. The predicted octanol–water partition coefficient (Wildman–Crippen LogP) is 3.95. The van der Waals surface area contributed by atoms with Crippen molar-refractivity contribution in [3.63, 3.8) is 0 Å². The van der Waals surface area contributed by atoms with Crippen molar-refractivity contribution in [1.29, 1.82) is 0 Å². The van der Waals surface area contributed by atoms with Crippen LogP contribution in [-0.4, -0.2) is 0 Å². The van der Waals surface area contributed by atoms with E-state index in [1.165, 1.54) is 6.07 Å². The number of rotatable bonds is 1. The molecule has 0 aliphatic rings. The zero-order valence-corrected chi connectivity index (χ0v) is 8.05. The minimum absolute atomic E-state index is 0.295. The second-order valence-corrected chi connectivity index (χ2v) is 3.34. The molecule has 0 N–H and O–H groups in total. The third-order valence-electron chi connectivity index (χ3n) is 1.91. The summed E-state index contributed by atoms with van der Waals surface area (Å²) in [4.78, 5) is 0. The van der Waals surface area contributed by atoms with Crippen LogP contribution in [0.3, 0.4) is 0 Å². The molecule has 0 nitrogen and oxygen atoms in total. The topological polar surface area (TPSA) is 0 Å². The normalized spacial score (nSPS) is 10.1. The maximum atomic E-state index is 13.0. The molecule has 0 aromatic heterocycles. The van der Waals surface area contributed by atoms with E-state index in [2.05, 4.69) is 6.07 Å². The van der Waals surface area contributed by atoms with E-state index in [0.717, 1.165) is 11.1 Å². The molecule has 0 unspecified atom stereocenters. The highest BCUT2D eigenvalue weighted by atomic mass is 35.5. The van der Waals surface area contributed by atoms with E-state index in [1.807, 2.05) is 30.3 Å². The van der Waals surface area contributed by atoms with E-state index < -0.39 is 5.82 Å². The summed E-state index contributed by atoms with van der Waals surface area (Å²) < 4.78 is 13.0. The van der Waals surface area contributed by atoms with Crippen molar-refractivity contribution in [3.8, 4) is 11.1 Å². The molecule has 2 heteroatoms. The summed E-state index contributed by atoms with van der Waals surface area (Å²) >= 11 is 5.70. The van der Waals surface area contributed by atoms with Crippen molar-refractivity contribution in [2.45, 2.75) is 0 Å². The fourth-order valence-electron chi connectivity index (χ4n) is 1.30. The van der Waals surface area contributed by atoms with Crippen molar-refractivity contribution in [2.24, 2.45) is 0 Å². The number of hydrogen-bond acceptors (Lipinski definition) is 0. The molecular weight excluding hydrogens is 199 g/mol. The molecule has 0 amide bonds. The lowest BCUT2D eigenvalue weighted by Gasteiger charge is -2.01. The van der Waals surface area contributed by atoms with Crippen molar-refractivity contribution in [2.75, 3.05) is 0 Å². The molecule has 0 aliphatic heterocycles. The maximum absolute atomic E-state index is 13.0. The average Bonchev–Trinajstić information content (AvgIpc) is 2.18. The quantitative estimate of drug-likeness (QED) is 0.662. The van der Waals surface area contributed by atoms with Crippen LogP contribution in [0.2, 0.25) is 5.02 Å². The molecule has 0 spiro atoms. The molecule has 2 aromatic rings. The van der Waals surface area contributed by atoms with Gasteiger partial charge in [0.15, 0.2) is 0 Å². The molecule has 1 radical (unpaired) electrons. The van der Waals surface area contributed by atoms with Crippen LogP contribution < -0.4 is 0 Å². The molecular formula is C12H7ClF. The lowest BCUT2D eigenvalue weighted by Crippen LogP contribution is -1.80. The largest absolute Gasteiger partial charge is 0.206 e. The van der Waals surface area contributed by atoms with Gasteiger partial charge in [-0.15, -0.1) is 0 Å². The van der Waals surface area contributed by atoms with E-state index >= 15 is 0 Å². The Morgan fingerprint density at radius 1 is 1.00 bits per heavy atom. The van der Waals surface area contributed by atoms with Gasteiger partial charge in [0, 0.05) is 6.07 Å². The summed E-state index contributed by atoms with van der Waals surface area (Å²) in [5, 5.41) is 0.295. The Morgan fingerprint density at radius 2 is 1.71 bits per heavy atom. The summed E-state index contributed by atoms with van der Waals surface area (Å²) in [7, 11) is 0. The van der Waals surface area contributed by atoms with Gasteiger partial charge in [-0.25, -0.2) is 4.39 Å². The zero-order chi connectivity index (χ0) is 9.97. The van der Waals surface area contributed by atoms with E-state index in [9.17, 15) is 4.39 Å². The molecule has 0 saturated carbocycles. The lowest BCUT2D eigenvalue weighted by atomic mass is 10.1. The lowest BCUT2D eigenvalue weighted by molar-refractivity contribution is 0.626. The number of halogens is 2. The first-order chi connectivity index (χ1) is 6.75. The Kier molecular flexibility index (Phi) is 2.51. The van der Waals surface area contributed by atoms with Crippen molar-refractivity contribution in [3.05, 3.63) is 59.4 Å². The highest BCUT2D eigenvalue weighted by molar-refractivity contribution is 6.30. The minimum Gasteiger partial charge on any atom is -0.206 e. The SMILES string of the molecule is Fc1[c]c(Cl)cc(-c2ccccc2)c1. The number of benzene rings is 2. The van der Waals surface area contributed by atoms with Gasteiger partial charge in [0.25, 0.3) is 0 Å². The maximum Gasteiger partial charge on any atom is 0.133 e. The van der Waals surface area contributed by atoms with Gasteiger partial charge in [0.05, 0.1) is 5.02 Å². The van der Waals surface area contributed by atoms with E-state index in [1.54, 1.807) is 6.07 Å². The van der Waals surface area contributed by atoms with Gasteiger partial charge in [-0.05, 0) is 23.3 Å². The highest BCUT2D eigenvalue weighted by Crippen LogP contribution is 2.23. The average molecular weight is 206 g/mol. The van der Waals surface area contributed by atoms with Gasteiger partial charge in [-0.3, -0.25) is 0 Å². The van der Waals surface area contributed by atoms with Gasteiger partial charge in [0.2, 0.25) is 0 Å². The van der Waals surface area contributed by atoms with Crippen LogP contribution in [-0.2, 0) is 0 Å². The fraction of sp³-hybridized carbons (Fsp3) is 0. The van der Waals surface area contributed by atoms with Crippen molar-refractivity contribution < 1.29 is 4.39 Å². The van der Waals surface area contributed by atoms with Crippen LogP contribution in [0.1, 0.15) is 0 Å². The Bertz CT molecular complexity index is 417. The van der Waals surface area contributed by atoms with E-state index in [4.69, 9.17) is 11.6 Å². The number of hydrogen-bond donors (Lipinski definition) is 0. The summed E-state index contributed by atoms with van der Waals surface area (Å²) in [5.74, 6) is -0.434. The third-order valence-corrected chi connectivity index (χ3v) is 2.11. The summed E-state index contributed by atoms with van der Waals surface area (Å²) in [6.07, 6.45) is 0. The van der Waals surface area contributed by atoms with Crippen molar-refractivity contribution in [1.82, 2.24) is 0 Å². The predicted molar refractivity (Wildman–Crippen MR) is 55.7 cm³/mol. The minimum atomic E-state index is -0.434. The van der Waals surface area contributed by atoms with Gasteiger partial charge in [0.1, 0.15) is 5.82 Å². The molecule has 0 fully saturated rings.